The average molecular weight is 295 g/mol. The van der Waals surface area contributed by atoms with Crippen LogP contribution in [0.4, 0.5) is 0 Å². The molecule has 0 atom stereocenters. The Kier molecular flexibility index (Phi) is 4.32. The van der Waals surface area contributed by atoms with Gasteiger partial charge in [-0.25, -0.2) is 4.79 Å². The van der Waals surface area contributed by atoms with Crippen LogP contribution in [0.3, 0.4) is 0 Å². The summed E-state index contributed by atoms with van der Waals surface area (Å²) in [5, 5.41) is 21.7. The molecule has 1 aromatic rings. The summed E-state index contributed by atoms with van der Waals surface area (Å²) >= 11 is 0. The second-order valence-corrected chi connectivity index (χ2v) is 4.84. The van der Waals surface area contributed by atoms with Crippen LogP contribution < -0.4 is 10.1 Å². The average Bonchev–Trinajstić information content (AvgIpc) is 2.48. The molecule has 7 heteroatoms. The van der Waals surface area contributed by atoms with Gasteiger partial charge in [-0.2, -0.15) is 0 Å². The molecule has 0 aliphatic carbocycles. The molecule has 1 aliphatic rings. The van der Waals surface area contributed by atoms with Crippen molar-refractivity contribution in [3.05, 3.63) is 23.8 Å². The molecule has 2 rings (SSSR count). The third kappa shape index (κ3) is 3.08. The van der Waals surface area contributed by atoms with E-state index in [0.29, 0.717) is 5.75 Å². The lowest BCUT2D eigenvalue weighted by molar-refractivity contribution is -0.148. The van der Waals surface area contributed by atoms with Crippen molar-refractivity contribution in [2.24, 2.45) is 0 Å². The number of aromatic hydroxyl groups is 1. The van der Waals surface area contributed by atoms with Crippen molar-refractivity contribution in [3.63, 3.8) is 0 Å². The third-order valence-corrected chi connectivity index (χ3v) is 3.56. The van der Waals surface area contributed by atoms with E-state index in [1.807, 2.05) is 0 Å². The summed E-state index contributed by atoms with van der Waals surface area (Å²) in [7, 11) is 1.44. The van der Waals surface area contributed by atoms with Crippen LogP contribution in [0.5, 0.6) is 11.5 Å². The van der Waals surface area contributed by atoms with Gasteiger partial charge in [0.2, 0.25) is 0 Å². The van der Waals surface area contributed by atoms with Gasteiger partial charge in [0.25, 0.3) is 5.91 Å². The zero-order valence-corrected chi connectivity index (χ0v) is 11.6. The second-order valence-electron chi connectivity index (χ2n) is 4.84. The van der Waals surface area contributed by atoms with Gasteiger partial charge < -0.3 is 25.0 Å². The van der Waals surface area contributed by atoms with Crippen LogP contribution in [0, 0.1) is 0 Å². The van der Waals surface area contributed by atoms with E-state index in [1.54, 1.807) is 0 Å². The van der Waals surface area contributed by atoms with Crippen LogP contribution in [0.2, 0.25) is 0 Å². The minimum atomic E-state index is -1.37. The highest BCUT2D eigenvalue weighted by molar-refractivity contribution is 6.00. The summed E-state index contributed by atoms with van der Waals surface area (Å²) < 4.78 is 10.1. The fourth-order valence-electron chi connectivity index (χ4n) is 2.22. The number of carbonyl (C=O) groups excluding carboxylic acids is 1. The molecule has 1 aromatic carbocycles. The summed E-state index contributed by atoms with van der Waals surface area (Å²) in [6, 6.07) is 4.19. The topological polar surface area (TPSA) is 105 Å². The number of amides is 1. The summed E-state index contributed by atoms with van der Waals surface area (Å²) in [4.78, 5) is 23.8. The molecule has 1 amide bonds. The number of aliphatic carboxylic acids is 1. The zero-order valence-electron chi connectivity index (χ0n) is 11.6. The number of phenolic OH excluding ortho intramolecular Hbond substituents is 1. The highest BCUT2D eigenvalue weighted by Gasteiger charge is 2.42. The van der Waals surface area contributed by atoms with Crippen LogP contribution in [0.1, 0.15) is 23.2 Å². The first-order chi connectivity index (χ1) is 9.98. The number of hydrogen-bond acceptors (Lipinski definition) is 5. The maximum Gasteiger partial charge on any atom is 0.329 e. The fourth-order valence-corrected chi connectivity index (χ4v) is 2.22. The quantitative estimate of drug-likeness (QED) is 0.757. The number of phenols is 1. The Balaban J connectivity index is 2.25. The number of nitrogens with one attached hydrogen (secondary N) is 1. The molecule has 0 saturated carbocycles. The molecular weight excluding hydrogens is 278 g/mol. The van der Waals surface area contributed by atoms with E-state index in [2.05, 4.69) is 5.32 Å². The van der Waals surface area contributed by atoms with E-state index in [9.17, 15) is 19.8 Å². The summed E-state index contributed by atoms with van der Waals surface area (Å²) in [6.07, 6.45) is 0.359. The molecule has 1 fully saturated rings. The van der Waals surface area contributed by atoms with Gasteiger partial charge in [0.1, 0.15) is 17.0 Å². The minimum absolute atomic E-state index is 0.0264. The van der Waals surface area contributed by atoms with Crippen LogP contribution >= 0.6 is 0 Å². The normalized spacial score (nSPS) is 17.0. The van der Waals surface area contributed by atoms with Crippen LogP contribution in [0.15, 0.2) is 18.2 Å². The van der Waals surface area contributed by atoms with Gasteiger partial charge in [0.05, 0.1) is 12.7 Å². The zero-order chi connectivity index (χ0) is 15.5. The monoisotopic (exact) mass is 295 g/mol. The van der Waals surface area contributed by atoms with Gasteiger partial charge in [0.15, 0.2) is 0 Å². The smallest absolute Gasteiger partial charge is 0.329 e. The SMILES string of the molecule is COc1ccc(O)c(C(=O)NC2(C(=O)O)CCOCC2)c1. The lowest BCUT2D eigenvalue weighted by atomic mass is 9.89. The first-order valence-electron chi connectivity index (χ1n) is 6.49. The van der Waals surface area contributed by atoms with Crippen molar-refractivity contribution in [2.75, 3.05) is 20.3 Å². The van der Waals surface area contributed by atoms with E-state index in [-0.39, 0.29) is 37.4 Å². The molecule has 114 valence electrons. The molecule has 0 unspecified atom stereocenters. The minimum Gasteiger partial charge on any atom is -0.507 e. The summed E-state index contributed by atoms with van der Waals surface area (Å²) in [6.45, 7) is 0.521. The number of hydrogen-bond donors (Lipinski definition) is 3. The van der Waals surface area contributed by atoms with Gasteiger partial charge >= 0.3 is 5.97 Å². The Morgan fingerprint density at radius 1 is 1.33 bits per heavy atom. The lowest BCUT2D eigenvalue weighted by Crippen LogP contribution is -2.57. The Morgan fingerprint density at radius 3 is 2.57 bits per heavy atom. The molecular formula is C14H17NO6. The lowest BCUT2D eigenvalue weighted by Gasteiger charge is -2.33. The summed E-state index contributed by atoms with van der Waals surface area (Å²) in [5.41, 5.74) is -1.40. The number of ether oxygens (including phenoxy) is 2. The Morgan fingerprint density at radius 2 is 2.00 bits per heavy atom. The first-order valence-corrected chi connectivity index (χ1v) is 6.49. The van der Waals surface area contributed by atoms with Crippen molar-refractivity contribution < 1.29 is 29.3 Å². The summed E-state index contributed by atoms with van der Waals surface area (Å²) in [5.74, 6) is -1.60. The molecule has 0 aromatic heterocycles. The first kappa shape index (κ1) is 15.1. The molecule has 3 N–H and O–H groups in total. The number of methoxy groups -OCH3 is 1. The number of rotatable bonds is 4. The largest absolute Gasteiger partial charge is 0.507 e. The molecule has 21 heavy (non-hydrogen) atoms. The molecule has 1 aliphatic heterocycles. The highest BCUT2D eigenvalue weighted by atomic mass is 16.5. The number of carboxylic acids is 1. The van der Waals surface area contributed by atoms with E-state index in [0.717, 1.165) is 0 Å². The molecule has 0 bridgehead atoms. The van der Waals surface area contributed by atoms with E-state index in [4.69, 9.17) is 9.47 Å². The maximum atomic E-state index is 12.3. The van der Waals surface area contributed by atoms with Crippen molar-refractivity contribution in [3.8, 4) is 11.5 Å². The third-order valence-electron chi connectivity index (χ3n) is 3.56. The van der Waals surface area contributed by atoms with Crippen molar-refractivity contribution in [1.82, 2.24) is 5.32 Å². The van der Waals surface area contributed by atoms with Gasteiger partial charge in [-0.05, 0) is 18.2 Å². The predicted molar refractivity (Wildman–Crippen MR) is 72.5 cm³/mol. The molecule has 0 radical (unpaired) electrons. The van der Waals surface area contributed by atoms with Crippen LogP contribution in [-0.4, -0.2) is 48.0 Å². The predicted octanol–water partition coefficient (Wildman–Crippen LogP) is 0.764. The second kappa shape index (κ2) is 6.01. The molecule has 7 nitrogen and oxygen atoms in total. The fraction of sp³-hybridized carbons (Fsp3) is 0.429. The van der Waals surface area contributed by atoms with E-state index >= 15 is 0 Å². The van der Waals surface area contributed by atoms with E-state index < -0.39 is 17.4 Å². The number of carboxylic acid groups (broad SMARTS) is 1. The van der Waals surface area contributed by atoms with Crippen molar-refractivity contribution in [1.29, 1.82) is 0 Å². The Bertz CT molecular complexity index is 550. The molecule has 1 heterocycles. The van der Waals surface area contributed by atoms with Gasteiger partial charge in [-0.3, -0.25) is 4.79 Å². The van der Waals surface area contributed by atoms with Crippen LogP contribution in [0.25, 0.3) is 0 Å². The van der Waals surface area contributed by atoms with Gasteiger partial charge in [-0.1, -0.05) is 0 Å². The van der Waals surface area contributed by atoms with Crippen molar-refractivity contribution in [2.45, 2.75) is 18.4 Å². The molecule has 1 saturated heterocycles. The molecule has 0 spiro atoms. The van der Waals surface area contributed by atoms with Gasteiger partial charge in [0, 0.05) is 26.1 Å². The number of benzene rings is 1. The van der Waals surface area contributed by atoms with Crippen molar-refractivity contribution >= 4 is 11.9 Å². The van der Waals surface area contributed by atoms with Gasteiger partial charge in [-0.15, -0.1) is 0 Å². The standard InChI is InChI=1S/C14H17NO6/c1-20-9-2-3-11(16)10(8-9)12(17)15-14(13(18)19)4-6-21-7-5-14/h2-3,8,16H,4-7H2,1H3,(H,15,17)(H,18,19). The maximum absolute atomic E-state index is 12.3. The highest BCUT2D eigenvalue weighted by Crippen LogP contribution is 2.26. The Labute approximate surface area is 121 Å². The number of carbonyl (C=O) groups is 2. The van der Waals surface area contributed by atoms with E-state index in [1.165, 1.54) is 25.3 Å². The van der Waals surface area contributed by atoms with Crippen LogP contribution in [-0.2, 0) is 9.53 Å². The Hall–Kier alpha value is -2.28.